The van der Waals surface area contributed by atoms with Crippen molar-refractivity contribution in [3.05, 3.63) is 46.7 Å². The van der Waals surface area contributed by atoms with Gasteiger partial charge >= 0.3 is 0 Å². The Kier molecular flexibility index (Phi) is 4.65. The molecule has 0 radical (unpaired) electrons. The Balaban J connectivity index is 1.78. The highest BCUT2D eigenvalue weighted by Crippen LogP contribution is 2.30. The van der Waals surface area contributed by atoms with E-state index in [0.29, 0.717) is 22.8 Å². The average Bonchev–Trinajstić information content (AvgIpc) is 3.13. The molecule has 0 atom stereocenters. The van der Waals surface area contributed by atoms with Crippen LogP contribution in [0.15, 0.2) is 30.5 Å². The van der Waals surface area contributed by atoms with Gasteiger partial charge in [0.25, 0.3) is 5.91 Å². The highest BCUT2D eigenvalue weighted by molar-refractivity contribution is 6.30. The molecule has 1 heterocycles. The van der Waals surface area contributed by atoms with Crippen molar-refractivity contribution in [2.24, 2.45) is 0 Å². The molecule has 5 nitrogen and oxygen atoms in total. The second-order valence-corrected chi connectivity index (χ2v) is 7.08. The van der Waals surface area contributed by atoms with Crippen molar-refractivity contribution in [3.8, 4) is 5.69 Å². The van der Waals surface area contributed by atoms with Crippen LogP contribution in [-0.4, -0.2) is 44.9 Å². The lowest BCUT2D eigenvalue weighted by Gasteiger charge is -2.28. The summed E-state index contributed by atoms with van der Waals surface area (Å²) in [4.78, 5) is 14.3. The van der Waals surface area contributed by atoms with E-state index in [9.17, 15) is 9.90 Å². The highest BCUT2D eigenvalue weighted by Gasteiger charge is 2.34. The largest absolute Gasteiger partial charge is 0.388 e. The number of rotatable bonds is 4. The van der Waals surface area contributed by atoms with E-state index in [4.69, 9.17) is 11.6 Å². The molecule has 24 heavy (non-hydrogen) atoms. The van der Waals surface area contributed by atoms with Crippen LogP contribution in [0.5, 0.6) is 0 Å². The van der Waals surface area contributed by atoms with Gasteiger partial charge in [0.05, 0.1) is 22.5 Å². The maximum absolute atomic E-state index is 12.7. The van der Waals surface area contributed by atoms with E-state index in [1.807, 2.05) is 19.1 Å². The van der Waals surface area contributed by atoms with Gasteiger partial charge in [-0.2, -0.15) is 5.10 Å². The fraction of sp³-hybridized carbons (Fsp3) is 0.444. The van der Waals surface area contributed by atoms with Gasteiger partial charge in [-0.3, -0.25) is 4.79 Å². The summed E-state index contributed by atoms with van der Waals surface area (Å²) in [5, 5.41) is 15.6. The predicted molar refractivity (Wildman–Crippen MR) is 93.7 cm³/mol. The van der Waals surface area contributed by atoms with Crippen LogP contribution in [0.3, 0.4) is 0 Å². The Morgan fingerprint density at radius 3 is 2.58 bits per heavy atom. The number of benzene rings is 1. The standard InChI is InChI=1S/C18H22ClN3O2/c1-13-16(11-22(20-13)15-7-5-14(19)6-8-15)17(23)21(2)12-18(24)9-3-4-10-18/h5-8,11,24H,3-4,9-10,12H2,1-2H3. The Bertz CT molecular complexity index is 733. The summed E-state index contributed by atoms with van der Waals surface area (Å²) in [7, 11) is 1.73. The van der Waals surface area contributed by atoms with Crippen LogP contribution in [0.4, 0.5) is 0 Å². The second-order valence-electron chi connectivity index (χ2n) is 6.64. The molecule has 0 bridgehead atoms. The summed E-state index contributed by atoms with van der Waals surface area (Å²) in [5.74, 6) is -0.118. The molecule has 1 fully saturated rings. The molecule has 0 saturated heterocycles. The first kappa shape index (κ1) is 17.0. The lowest BCUT2D eigenvalue weighted by atomic mass is 10.0. The van der Waals surface area contributed by atoms with E-state index >= 15 is 0 Å². The molecule has 1 aliphatic carbocycles. The fourth-order valence-corrected chi connectivity index (χ4v) is 3.43. The predicted octanol–water partition coefficient (Wildman–Crippen LogP) is 3.21. The number of amides is 1. The van der Waals surface area contributed by atoms with Crippen LogP contribution >= 0.6 is 11.6 Å². The molecule has 6 heteroatoms. The number of aliphatic hydroxyl groups is 1. The number of hydrogen-bond donors (Lipinski definition) is 1. The molecule has 3 rings (SSSR count). The van der Waals surface area contributed by atoms with Gasteiger partial charge in [0, 0.05) is 24.8 Å². The first-order chi connectivity index (χ1) is 11.4. The number of hydrogen-bond acceptors (Lipinski definition) is 3. The van der Waals surface area contributed by atoms with E-state index in [0.717, 1.165) is 31.4 Å². The van der Waals surface area contributed by atoms with Crippen molar-refractivity contribution in [1.82, 2.24) is 14.7 Å². The van der Waals surface area contributed by atoms with Crippen molar-refractivity contribution in [2.45, 2.75) is 38.2 Å². The van der Waals surface area contributed by atoms with E-state index in [-0.39, 0.29) is 5.91 Å². The van der Waals surface area contributed by atoms with Gasteiger partial charge in [-0.15, -0.1) is 0 Å². The topological polar surface area (TPSA) is 58.4 Å². The van der Waals surface area contributed by atoms with Crippen LogP contribution in [0, 0.1) is 6.92 Å². The second kappa shape index (κ2) is 6.57. The van der Waals surface area contributed by atoms with Crippen molar-refractivity contribution in [1.29, 1.82) is 0 Å². The Morgan fingerprint density at radius 2 is 1.96 bits per heavy atom. The number of aryl methyl sites for hydroxylation is 1. The van der Waals surface area contributed by atoms with Gasteiger partial charge in [-0.25, -0.2) is 4.68 Å². The molecule has 1 amide bonds. The average molecular weight is 348 g/mol. The minimum absolute atomic E-state index is 0.118. The van der Waals surface area contributed by atoms with Gasteiger partial charge < -0.3 is 10.0 Å². The maximum atomic E-state index is 12.7. The summed E-state index contributed by atoms with van der Waals surface area (Å²) in [6.45, 7) is 2.18. The third-order valence-corrected chi connectivity index (χ3v) is 4.88. The zero-order valence-corrected chi connectivity index (χ0v) is 14.8. The minimum Gasteiger partial charge on any atom is -0.388 e. The smallest absolute Gasteiger partial charge is 0.257 e. The first-order valence-electron chi connectivity index (χ1n) is 8.18. The van der Waals surface area contributed by atoms with Crippen LogP contribution in [0.25, 0.3) is 5.69 Å². The SMILES string of the molecule is Cc1nn(-c2ccc(Cl)cc2)cc1C(=O)N(C)CC1(O)CCCC1. The fourth-order valence-electron chi connectivity index (χ4n) is 3.31. The molecule has 1 saturated carbocycles. The third-order valence-electron chi connectivity index (χ3n) is 4.63. The Hall–Kier alpha value is -1.85. The quantitative estimate of drug-likeness (QED) is 0.923. The normalized spacial score (nSPS) is 16.3. The summed E-state index contributed by atoms with van der Waals surface area (Å²) in [6.07, 6.45) is 5.29. The van der Waals surface area contributed by atoms with Crippen molar-refractivity contribution in [2.75, 3.05) is 13.6 Å². The molecule has 0 unspecified atom stereocenters. The number of carbonyl (C=O) groups is 1. The van der Waals surface area contributed by atoms with Crippen LogP contribution in [0.2, 0.25) is 5.02 Å². The zero-order chi connectivity index (χ0) is 17.3. The molecule has 2 aromatic rings. The molecular formula is C18H22ClN3O2. The van der Waals surface area contributed by atoms with Crippen LogP contribution in [0.1, 0.15) is 41.7 Å². The van der Waals surface area contributed by atoms with Gasteiger partial charge in [0.2, 0.25) is 0 Å². The third kappa shape index (κ3) is 3.47. The zero-order valence-electron chi connectivity index (χ0n) is 14.0. The minimum atomic E-state index is -0.746. The maximum Gasteiger partial charge on any atom is 0.257 e. The van der Waals surface area contributed by atoms with Gasteiger partial charge in [0.1, 0.15) is 0 Å². The van der Waals surface area contributed by atoms with Crippen molar-refractivity contribution >= 4 is 17.5 Å². The van der Waals surface area contributed by atoms with Crippen LogP contribution in [-0.2, 0) is 0 Å². The summed E-state index contributed by atoms with van der Waals surface area (Å²) < 4.78 is 1.68. The van der Waals surface area contributed by atoms with Crippen molar-refractivity contribution < 1.29 is 9.90 Å². The van der Waals surface area contributed by atoms with Gasteiger partial charge in [0.15, 0.2) is 0 Å². The Morgan fingerprint density at radius 1 is 1.33 bits per heavy atom. The highest BCUT2D eigenvalue weighted by atomic mass is 35.5. The number of halogens is 1. The van der Waals surface area contributed by atoms with Crippen LogP contribution < -0.4 is 0 Å². The lowest BCUT2D eigenvalue weighted by Crippen LogP contribution is -2.42. The molecule has 1 aromatic carbocycles. The molecular weight excluding hydrogens is 326 g/mol. The number of carbonyl (C=O) groups excluding carboxylic acids is 1. The monoisotopic (exact) mass is 347 g/mol. The molecule has 0 spiro atoms. The molecule has 128 valence electrons. The molecule has 0 aliphatic heterocycles. The Labute approximate surface area is 146 Å². The van der Waals surface area contributed by atoms with Crippen molar-refractivity contribution in [3.63, 3.8) is 0 Å². The summed E-state index contributed by atoms with van der Waals surface area (Å²) >= 11 is 5.91. The molecule has 1 N–H and O–H groups in total. The molecule has 1 aliphatic rings. The lowest BCUT2D eigenvalue weighted by molar-refractivity contribution is 0.0156. The van der Waals surface area contributed by atoms with Gasteiger partial charge in [-0.1, -0.05) is 24.4 Å². The van der Waals surface area contributed by atoms with E-state index in [2.05, 4.69) is 5.10 Å². The first-order valence-corrected chi connectivity index (χ1v) is 8.56. The number of nitrogens with zero attached hydrogens (tertiary/aromatic N) is 3. The number of aromatic nitrogens is 2. The van der Waals surface area contributed by atoms with E-state index < -0.39 is 5.60 Å². The summed E-state index contributed by atoms with van der Waals surface area (Å²) in [6, 6.07) is 7.29. The van der Waals surface area contributed by atoms with E-state index in [1.165, 1.54) is 0 Å². The summed E-state index contributed by atoms with van der Waals surface area (Å²) in [5.41, 5.74) is 1.32. The van der Waals surface area contributed by atoms with E-state index in [1.54, 1.807) is 35.0 Å². The number of likely N-dealkylation sites (N-methyl/N-ethyl adjacent to an activating group) is 1. The van der Waals surface area contributed by atoms with Gasteiger partial charge in [-0.05, 0) is 44.0 Å². The molecule has 1 aromatic heterocycles.